The van der Waals surface area contributed by atoms with E-state index in [-0.39, 0.29) is 11.4 Å². The molecule has 0 aromatic heterocycles. The Morgan fingerprint density at radius 3 is 2.45 bits per heavy atom. The predicted molar refractivity (Wildman–Crippen MR) is 69.7 cm³/mol. The van der Waals surface area contributed by atoms with Crippen LogP contribution in [0.25, 0.3) is 0 Å². The van der Waals surface area contributed by atoms with E-state index in [2.05, 4.69) is 5.32 Å². The van der Waals surface area contributed by atoms with Crippen LogP contribution in [0.15, 0.2) is 29.2 Å². The van der Waals surface area contributed by atoms with Crippen LogP contribution in [0.4, 0.5) is 13.2 Å². The van der Waals surface area contributed by atoms with Crippen molar-refractivity contribution in [1.82, 2.24) is 9.62 Å². The number of sulfonamides is 1. The summed E-state index contributed by atoms with van der Waals surface area (Å²) in [4.78, 5) is -0.128. The van der Waals surface area contributed by atoms with Crippen LogP contribution in [0.2, 0.25) is 0 Å². The minimum absolute atomic E-state index is 0.128. The maximum Gasteiger partial charge on any atom is 0.402 e. The molecule has 0 heterocycles. The fraction of sp³-hybridized carbons (Fsp3) is 0.500. The van der Waals surface area contributed by atoms with E-state index in [0.29, 0.717) is 16.4 Å². The Kier molecular flexibility index (Phi) is 5.55. The molecule has 1 aromatic carbocycles. The lowest BCUT2D eigenvalue weighted by Gasteiger charge is -2.22. The second-order valence-electron chi connectivity index (χ2n) is 4.22. The van der Waals surface area contributed by atoms with Crippen LogP contribution in [0.5, 0.6) is 0 Å². The molecule has 0 spiro atoms. The van der Waals surface area contributed by atoms with Crippen molar-refractivity contribution in [2.75, 3.05) is 20.1 Å². The molecule has 0 atom stereocenters. The second-order valence-corrected chi connectivity index (χ2v) is 6.16. The number of benzene rings is 1. The van der Waals surface area contributed by atoms with E-state index in [1.807, 2.05) is 0 Å². The van der Waals surface area contributed by atoms with E-state index in [1.54, 1.807) is 13.1 Å². The van der Waals surface area contributed by atoms with E-state index in [0.717, 1.165) is 0 Å². The van der Waals surface area contributed by atoms with Gasteiger partial charge in [0.1, 0.15) is 6.54 Å². The van der Waals surface area contributed by atoms with Crippen LogP contribution >= 0.6 is 0 Å². The molecule has 0 unspecified atom stereocenters. The molecule has 0 amide bonds. The van der Waals surface area contributed by atoms with Crippen LogP contribution in [0, 0.1) is 0 Å². The SMILES string of the molecule is CCN(CC(F)(F)F)S(=O)(=O)c1cccc(CNC)c1. The zero-order chi connectivity index (χ0) is 15.4. The molecule has 0 aliphatic heterocycles. The molecule has 20 heavy (non-hydrogen) atoms. The number of alkyl halides is 3. The lowest BCUT2D eigenvalue weighted by atomic mass is 10.2. The Morgan fingerprint density at radius 1 is 1.30 bits per heavy atom. The van der Waals surface area contributed by atoms with Crippen molar-refractivity contribution in [3.8, 4) is 0 Å². The average molecular weight is 310 g/mol. The van der Waals surface area contributed by atoms with Gasteiger partial charge in [-0.1, -0.05) is 19.1 Å². The molecule has 0 fully saturated rings. The summed E-state index contributed by atoms with van der Waals surface area (Å²) in [5, 5.41) is 2.86. The van der Waals surface area contributed by atoms with Crippen molar-refractivity contribution >= 4 is 10.0 Å². The first-order valence-electron chi connectivity index (χ1n) is 6.01. The predicted octanol–water partition coefficient (Wildman–Crippen LogP) is 1.98. The number of hydrogen-bond acceptors (Lipinski definition) is 3. The molecular weight excluding hydrogens is 293 g/mol. The molecule has 8 heteroatoms. The normalized spacial score (nSPS) is 12.9. The first kappa shape index (κ1) is 16.9. The van der Waals surface area contributed by atoms with Gasteiger partial charge >= 0.3 is 6.18 Å². The minimum Gasteiger partial charge on any atom is -0.316 e. The molecule has 0 aliphatic rings. The molecule has 1 N–H and O–H groups in total. The van der Waals surface area contributed by atoms with Gasteiger partial charge in [-0.05, 0) is 24.7 Å². The molecule has 0 radical (unpaired) electrons. The van der Waals surface area contributed by atoms with Crippen molar-refractivity contribution in [2.24, 2.45) is 0 Å². The van der Waals surface area contributed by atoms with E-state index < -0.39 is 22.7 Å². The second kappa shape index (κ2) is 6.55. The Balaban J connectivity index is 3.10. The van der Waals surface area contributed by atoms with Crippen LogP contribution in [-0.2, 0) is 16.6 Å². The van der Waals surface area contributed by atoms with Gasteiger partial charge < -0.3 is 5.32 Å². The summed E-state index contributed by atoms with van der Waals surface area (Å²) in [7, 11) is -2.44. The largest absolute Gasteiger partial charge is 0.402 e. The van der Waals surface area contributed by atoms with Gasteiger partial charge in [0.05, 0.1) is 4.90 Å². The summed E-state index contributed by atoms with van der Waals surface area (Å²) in [6, 6.07) is 5.90. The number of halogens is 3. The number of rotatable bonds is 6. The topological polar surface area (TPSA) is 49.4 Å². The van der Waals surface area contributed by atoms with Gasteiger partial charge in [0.15, 0.2) is 0 Å². The highest BCUT2D eigenvalue weighted by Crippen LogP contribution is 2.23. The third-order valence-corrected chi connectivity index (χ3v) is 4.54. The molecule has 0 bridgehead atoms. The first-order valence-corrected chi connectivity index (χ1v) is 7.45. The number of nitrogens with zero attached hydrogens (tertiary/aromatic N) is 1. The smallest absolute Gasteiger partial charge is 0.316 e. The van der Waals surface area contributed by atoms with Crippen LogP contribution in [0.3, 0.4) is 0 Å². The lowest BCUT2D eigenvalue weighted by molar-refractivity contribution is -0.135. The van der Waals surface area contributed by atoms with Gasteiger partial charge in [0, 0.05) is 13.1 Å². The Hall–Kier alpha value is -1.12. The van der Waals surface area contributed by atoms with Crippen LogP contribution in [-0.4, -0.2) is 39.0 Å². The van der Waals surface area contributed by atoms with E-state index in [4.69, 9.17) is 0 Å². The first-order chi connectivity index (χ1) is 9.20. The Bertz CT molecular complexity index is 544. The minimum atomic E-state index is -4.56. The van der Waals surface area contributed by atoms with E-state index in [9.17, 15) is 21.6 Å². The van der Waals surface area contributed by atoms with E-state index >= 15 is 0 Å². The highest BCUT2D eigenvalue weighted by molar-refractivity contribution is 7.89. The van der Waals surface area contributed by atoms with Crippen molar-refractivity contribution in [3.63, 3.8) is 0 Å². The average Bonchev–Trinajstić information content (AvgIpc) is 2.35. The zero-order valence-electron chi connectivity index (χ0n) is 11.2. The third kappa shape index (κ3) is 4.46. The molecule has 4 nitrogen and oxygen atoms in total. The molecule has 114 valence electrons. The zero-order valence-corrected chi connectivity index (χ0v) is 12.1. The van der Waals surface area contributed by atoms with Crippen molar-refractivity contribution < 1.29 is 21.6 Å². The number of hydrogen-bond donors (Lipinski definition) is 1. The van der Waals surface area contributed by atoms with Crippen molar-refractivity contribution in [3.05, 3.63) is 29.8 Å². The fourth-order valence-corrected chi connectivity index (χ4v) is 3.24. The molecule has 1 rings (SSSR count). The molecular formula is C12H17F3N2O2S. The highest BCUT2D eigenvalue weighted by atomic mass is 32.2. The van der Waals surface area contributed by atoms with Gasteiger partial charge in [-0.25, -0.2) is 8.42 Å². The van der Waals surface area contributed by atoms with Crippen molar-refractivity contribution in [1.29, 1.82) is 0 Å². The standard InChI is InChI=1S/C12H17F3N2O2S/c1-3-17(9-12(13,14)15)20(18,19)11-6-4-5-10(7-11)8-16-2/h4-7,16H,3,8-9H2,1-2H3. The summed E-state index contributed by atoms with van der Waals surface area (Å²) in [5.41, 5.74) is 0.691. The molecule has 1 aromatic rings. The van der Waals surface area contributed by atoms with Crippen LogP contribution < -0.4 is 5.32 Å². The van der Waals surface area contributed by atoms with Crippen molar-refractivity contribution in [2.45, 2.75) is 24.5 Å². The molecule has 0 saturated carbocycles. The summed E-state index contributed by atoms with van der Waals surface area (Å²) >= 11 is 0. The number of nitrogens with one attached hydrogen (secondary N) is 1. The quantitative estimate of drug-likeness (QED) is 0.874. The lowest BCUT2D eigenvalue weighted by Crippen LogP contribution is -2.38. The monoisotopic (exact) mass is 310 g/mol. The van der Waals surface area contributed by atoms with E-state index in [1.165, 1.54) is 25.1 Å². The van der Waals surface area contributed by atoms with Gasteiger partial charge in [0.25, 0.3) is 0 Å². The van der Waals surface area contributed by atoms with Gasteiger partial charge in [0.2, 0.25) is 10.0 Å². The Labute approximate surface area is 116 Å². The maximum atomic E-state index is 12.4. The van der Waals surface area contributed by atoms with Gasteiger partial charge in [-0.15, -0.1) is 0 Å². The highest BCUT2D eigenvalue weighted by Gasteiger charge is 2.36. The van der Waals surface area contributed by atoms with Crippen LogP contribution in [0.1, 0.15) is 12.5 Å². The summed E-state index contributed by atoms with van der Waals surface area (Å²) in [6.45, 7) is 0.0929. The summed E-state index contributed by atoms with van der Waals surface area (Å²) in [5.74, 6) is 0. The maximum absolute atomic E-state index is 12.4. The van der Waals surface area contributed by atoms with Gasteiger partial charge in [-0.2, -0.15) is 17.5 Å². The Morgan fingerprint density at radius 2 is 1.95 bits per heavy atom. The summed E-state index contributed by atoms with van der Waals surface area (Å²) < 4.78 is 62.1. The fourth-order valence-electron chi connectivity index (χ4n) is 1.74. The molecule has 0 saturated heterocycles. The summed E-state index contributed by atoms with van der Waals surface area (Å²) in [6.07, 6.45) is -4.56. The third-order valence-electron chi connectivity index (χ3n) is 2.63. The van der Waals surface area contributed by atoms with Gasteiger partial charge in [-0.3, -0.25) is 0 Å². The molecule has 0 aliphatic carbocycles.